The predicted octanol–water partition coefficient (Wildman–Crippen LogP) is 2.68. The molecular formula is C15H18BrN3O. The number of aromatic nitrogens is 2. The number of hydrogen-bond acceptors (Lipinski definition) is 3. The van der Waals surface area contributed by atoms with Gasteiger partial charge in [0.05, 0.1) is 19.3 Å². The van der Waals surface area contributed by atoms with Gasteiger partial charge in [0, 0.05) is 35.7 Å². The molecule has 2 heterocycles. The Bertz CT molecular complexity index is 609. The predicted molar refractivity (Wildman–Crippen MR) is 82.0 cm³/mol. The van der Waals surface area contributed by atoms with Crippen LogP contribution in [0.5, 0.6) is 5.75 Å². The summed E-state index contributed by atoms with van der Waals surface area (Å²) in [6.45, 7) is 5.44. The SMILES string of the molecule is Cc1cnn(CCNCc2cc(Br)cc3c2OCC3)c1. The number of rotatable bonds is 5. The number of ether oxygens (including phenoxy) is 1. The molecule has 2 aromatic rings. The van der Waals surface area contributed by atoms with E-state index in [0.29, 0.717) is 0 Å². The van der Waals surface area contributed by atoms with Gasteiger partial charge >= 0.3 is 0 Å². The van der Waals surface area contributed by atoms with Gasteiger partial charge in [-0.3, -0.25) is 4.68 Å². The molecule has 0 radical (unpaired) electrons. The molecule has 1 aliphatic rings. The van der Waals surface area contributed by atoms with E-state index < -0.39 is 0 Å². The zero-order valence-electron chi connectivity index (χ0n) is 11.5. The van der Waals surface area contributed by atoms with Crippen molar-refractivity contribution in [3.8, 4) is 5.75 Å². The van der Waals surface area contributed by atoms with Crippen LogP contribution in [0.25, 0.3) is 0 Å². The lowest BCUT2D eigenvalue weighted by atomic mass is 10.1. The van der Waals surface area contributed by atoms with Crippen molar-refractivity contribution in [2.75, 3.05) is 13.2 Å². The standard InChI is InChI=1S/C15H18BrN3O/c1-11-8-18-19(10-11)4-3-17-9-13-7-14(16)6-12-2-5-20-15(12)13/h6-8,10,17H,2-5,9H2,1H3. The molecule has 20 heavy (non-hydrogen) atoms. The molecule has 1 N–H and O–H groups in total. The second kappa shape index (κ2) is 5.97. The van der Waals surface area contributed by atoms with E-state index in [1.165, 1.54) is 16.7 Å². The van der Waals surface area contributed by atoms with E-state index in [1.807, 2.05) is 10.9 Å². The Hall–Kier alpha value is -1.33. The lowest BCUT2D eigenvalue weighted by molar-refractivity contribution is 0.352. The zero-order chi connectivity index (χ0) is 13.9. The lowest BCUT2D eigenvalue weighted by Gasteiger charge is -2.10. The maximum absolute atomic E-state index is 5.72. The highest BCUT2D eigenvalue weighted by Crippen LogP contribution is 2.32. The van der Waals surface area contributed by atoms with Crippen molar-refractivity contribution in [1.82, 2.24) is 15.1 Å². The van der Waals surface area contributed by atoms with Gasteiger partial charge in [-0.25, -0.2) is 0 Å². The fraction of sp³-hybridized carbons (Fsp3) is 0.400. The van der Waals surface area contributed by atoms with Crippen LogP contribution in [0.1, 0.15) is 16.7 Å². The molecule has 1 aliphatic heterocycles. The maximum atomic E-state index is 5.72. The molecule has 106 valence electrons. The first-order chi connectivity index (χ1) is 9.72. The maximum Gasteiger partial charge on any atom is 0.127 e. The monoisotopic (exact) mass is 335 g/mol. The molecule has 0 fully saturated rings. The molecular weight excluding hydrogens is 318 g/mol. The van der Waals surface area contributed by atoms with E-state index in [0.717, 1.165) is 42.9 Å². The molecule has 0 saturated heterocycles. The Morgan fingerprint density at radius 3 is 3.15 bits per heavy atom. The first kappa shape index (κ1) is 13.6. The van der Waals surface area contributed by atoms with E-state index >= 15 is 0 Å². The fourth-order valence-electron chi connectivity index (χ4n) is 2.48. The molecule has 0 bridgehead atoms. The zero-order valence-corrected chi connectivity index (χ0v) is 13.1. The van der Waals surface area contributed by atoms with Gasteiger partial charge in [-0.15, -0.1) is 0 Å². The highest BCUT2D eigenvalue weighted by Gasteiger charge is 2.16. The number of aryl methyl sites for hydroxylation is 1. The molecule has 1 aromatic heterocycles. The van der Waals surface area contributed by atoms with Gasteiger partial charge < -0.3 is 10.1 Å². The van der Waals surface area contributed by atoms with Gasteiger partial charge in [-0.05, 0) is 30.2 Å². The van der Waals surface area contributed by atoms with Crippen molar-refractivity contribution in [3.63, 3.8) is 0 Å². The quantitative estimate of drug-likeness (QED) is 0.854. The Morgan fingerprint density at radius 1 is 1.45 bits per heavy atom. The summed E-state index contributed by atoms with van der Waals surface area (Å²) < 4.78 is 8.81. The van der Waals surface area contributed by atoms with Gasteiger partial charge in [-0.1, -0.05) is 15.9 Å². The summed E-state index contributed by atoms with van der Waals surface area (Å²) in [6, 6.07) is 4.29. The topological polar surface area (TPSA) is 39.1 Å². The van der Waals surface area contributed by atoms with Crippen LogP contribution < -0.4 is 10.1 Å². The second-order valence-corrected chi connectivity index (χ2v) is 6.02. The Kier molecular flexibility index (Phi) is 4.08. The third-order valence-electron chi connectivity index (χ3n) is 3.42. The van der Waals surface area contributed by atoms with E-state index in [9.17, 15) is 0 Å². The lowest BCUT2D eigenvalue weighted by Crippen LogP contribution is -2.20. The number of benzene rings is 1. The van der Waals surface area contributed by atoms with Crippen LogP contribution in [0, 0.1) is 6.92 Å². The summed E-state index contributed by atoms with van der Waals surface area (Å²) in [5.74, 6) is 1.07. The van der Waals surface area contributed by atoms with Crippen LogP contribution in [-0.4, -0.2) is 22.9 Å². The molecule has 0 aliphatic carbocycles. The van der Waals surface area contributed by atoms with Crippen LogP contribution in [-0.2, 0) is 19.5 Å². The summed E-state index contributed by atoms with van der Waals surface area (Å²) in [4.78, 5) is 0. The average Bonchev–Trinajstić information content (AvgIpc) is 3.03. The largest absolute Gasteiger partial charge is 0.493 e. The average molecular weight is 336 g/mol. The van der Waals surface area contributed by atoms with Gasteiger partial charge in [-0.2, -0.15) is 5.10 Å². The number of nitrogens with one attached hydrogen (secondary N) is 1. The van der Waals surface area contributed by atoms with E-state index in [4.69, 9.17) is 4.74 Å². The smallest absolute Gasteiger partial charge is 0.127 e. The third-order valence-corrected chi connectivity index (χ3v) is 3.88. The number of halogens is 1. The molecule has 1 aromatic carbocycles. The fourth-order valence-corrected chi connectivity index (χ4v) is 3.04. The van der Waals surface area contributed by atoms with Gasteiger partial charge in [0.15, 0.2) is 0 Å². The second-order valence-electron chi connectivity index (χ2n) is 5.11. The first-order valence-corrected chi connectivity index (χ1v) is 7.65. The van der Waals surface area contributed by atoms with Gasteiger partial charge in [0.25, 0.3) is 0 Å². The van der Waals surface area contributed by atoms with Crippen LogP contribution in [0.15, 0.2) is 29.0 Å². The van der Waals surface area contributed by atoms with Crippen molar-refractivity contribution in [2.45, 2.75) is 26.4 Å². The summed E-state index contributed by atoms with van der Waals surface area (Å²) in [5.41, 5.74) is 3.73. The van der Waals surface area contributed by atoms with Gasteiger partial charge in [0.1, 0.15) is 5.75 Å². The first-order valence-electron chi connectivity index (χ1n) is 6.86. The minimum absolute atomic E-state index is 0.797. The molecule has 0 spiro atoms. The number of fused-ring (bicyclic) bond motifs is 1. The van der Waals surface area contributed by atoms with E-state index in [-0.39, 0.29) is 0 Å². The van der Waals surface area contributed by atoms with E-state index in [1.54, 1.807) is 0 Å². The van der Waals surface area contributed by atoms with Gasteiger partial charge in [0.2, 0.25) is 0 Å². The normalized spacial score (nSPS) is 13.3. The highest BCUT2D eigenvalue weighted by molar-refractivity contribution is 9.10. The van der Waals surface area contributed by atoms with Crippen LogP contribution >= 0.6 is 15.9 Å². The summed E-state index contributed by atoms with van der Waals surface area (Å²) in [5, 5.41) is 7.73. The molecule has 0 saturated carbocycles. The molecule has 0 unspecified atom stereocenters. The molecule has 4 nitrogen and oxygen atoms in total. The van der Waals surface area contributed by atoms with Crippen LogP contribution in [0.4, 0.5) is 0 Å². The molecule has 0 atom stereocenters. The van der Waals surface area contributed by atoms with Crippen molar-refractivity contribution in [1.29, 1.82) is 0 Å². The Balaban J connectivity index is 1.56. The minimum Gasteiger partial charge on any atom is -0.493 e. The number of nitrogens with zero attached hydrogens (tertiary/aromatic N) is 2. The molecule has 0 amide bonds. The van der Waals surface area contributed by atoms with Crippen molar-refractivity contribution in [2.24, 2.45) is 0 Å². The molecule has 5 heteroatoms. The van der Waals surface area contributed by atoms with Crippen molar-refractivity contribution < 1.29 is 4.74 Å². The summed E-state index contributed by atoms with van der Waals surface area (Å²) in [6.07, 6.45) is 4.95. The summed E-state index contributed by atoms with van der Waals surface area (Å²) >= 11 is 3.57. The van der Waals surface area contributed by atoms with Crippen molar-refractivity contribution in [3.05, 3.63) is 45.7 Å². The minimum atomic E-state index is 0.797. The summed E-state index contributed by atoms with van der Waals surface area (Å²) in [7, 11) is 0. The Morgan fingerprint density at radius 2 is 2.35 bits per heavy atom. The number of hydrogen-bond donors (Lipinski definition) is 1. The van der Waals surface area contributed by atoms with Crippen molar-refractivity contribution >= 4 is 15.9 Å². The van der Waals surface area contributed by atoms with E-state index in [2.05, 4.69) is 51.6 Å². The highest BCUT2D eigenvalue weighted by atomic mass is 79.9. The van der Waals surface area contributed by atoms with Crippen LogP contribution in [0.2, 0.25) is 0 Å². The Labute approximate surface area is 127 Å². The third kappa shape index (κ3) is 3.04. The van der Waals surface area contributed by atoms with Crippen LogP contribution in [0.3, 0.4) is 0 Å². The molecule has 3 rings (SSSR count).